The van der Waals surface area contributed by atoms with E-state index in [1.54, 1.807) is 12.1 Å². The first-order valence-corrected chi connectivity index (χ1v) is 7.10. The summed E-state index contributed by atoms with van der Waals surface area (Å²) in [6.07, 6.45) is 0.977. The summed E-state index contributed by atoms with van der Waals surface area (Å²) in [5.41, 5.74) is 0.557. The zero-order chi connectivity index (χ0) is 14.7. The van der Waals surface area contributed by atoms with E-state index in [4.69, 9.17) is 0 Å². The van der Waals surface area contributed by atoms with Crippen LogP contribution in [0.5, 0.6) is 5.88 Å². The van der Waals surface area contributed by atoms with Crippen LogP contribution in [0.25, 0.3) is 11.1 Å². The van der Waals surface area contributed by atoms with E-state index in [2.05, 4.69) is 15.3 Å². The monoisotopic (exact) mass is 286 g/mol. The molecule has 1 aromatic carbocycles. The lowest BCUT2D eigenvalue weighted by Gasteiger charge is -2.20. The smallest absolute Gasteiger partial charge is 0.264 e. The molecule has 2 heterocycles. The summed E-state index contributed by atoms with van der Waals surface area (Å²) in [7, 11) is 0. The highest BCUT2D eigenvalue weighted by Gasteiger charge is 2.17. The Morgan fingerprint density at radius 3 is 2.71 bits per heavy atom. The number of aromatic nitrogens is 2. The number of H-pyrrole nitrogens is 1. The highest BCUT2D eigenvalue weighted by molar-refractivity contribution is 5.67. The molecule has 3 rings (SSSR count). The summed E-state index contributed by atoms with van der Waals surface area (Å²) in [6, 6.07) is 9.06. The third-order valence-corrected chi connectivity index (χ3v) is 3.59. The zero-order valence-electron chi connectivity index (χ0n) is 11.7. The molecule has 6 heteroatoms. The molecule has 1 aromatic heterocycles. The summed E-state index contributed by atoms with van der Waals surface area (Å²) in [6.45, 7) is 3.35. The molecule has 1 aliphatic rings. The second-order valence-corrected chi connectivity index (χ2v) is 5.04. The fourth-order valence-electron chi connectivity index (χ4n) is 2.52. The fraction of sp³-hybridized carbons (Fsp3) is 0.333. The van der Waals surface area contributed by atoms with Crippen molar-refractivity contribution in [3.63, 3.8) is 0 Å². The highest BCUT2D eigenvalue weighted by Crippen LogP contribution is 2.24. The van der Waals surface area contributed by atoms with E-state index in [0.29, 0.717) is 11.5 Å². The van der Waals surface area contributed by atoms with Crippen molar-refractivity contribution in [1.82, 2.24) is 15.3 Å². The minimum Gasteiger partial charge on any atom is -0.493 e. The van der Waals surface area contributed by atoms with Gasteiger partial charge in [0, 0.05) is 19.6 Å². The van der Waals surface area contributed by atoms with Crippen molar-refractivity contribution >= 4 is 5.95 Å². The van der Waals surface area contributed by atoms with Crippen LogP contribution >= 0.6 is 0 Å². The van der Waals surface area contributed by atoms with Gasteiger partial charge in [-0.15, -0.1) is 0 Å². The Kier molecular flexibility index (Phi) is 3.87. The van der Waals surface area contributed by atoms with Crippen molar-refractivity contribution in [2.45, 2.75) is 6.42 Å². The molecular weight excluding hydrogens is 268 g/mol. The van der Waals surface area contributed by atoms with Crippen LogP contribution in [0.15, 0.2) is 35.1 Å². The lowest BCUT2D eigenvalue weighted by atomic mass is 10.1. The second kappa shape index (κ2) is 5.97. The maximum atomic E-state index is 12.3. The number of hydrogen-bond donors (Lipinski definition) is 3. The maximum Gasteiger partial charge on any atom is 0.264 e. The van der Waals surface area contributed by atoms with Gasteiger partial charge in [-0.2, -0.15) is 4.98 Å². The van der Waals surface area contributed by atoms with Gasteiger partial charge in [0.2, 0.25) is 11.8 Å². The van der Waals surface area contributed by atoms with Crippen LogP contribution in [-0.4, -0.2) is 41.3 Å². The van der Waals surface area contributed by atoms with Gasteiger partial charge in [-0.05, 0) is 18.5 Å². The van der Waals surface area contributed by atoms with E-state index in [0.717, 1.165) is 32.6 Å². The quantitative estimate of drug-likeness (QED) is 0.765. The summed E-state index contributed by atoms with van der Waals surface area (Å²) < 4.78 is 0. The lowest BCUT2D eigenvalue weighted by molar-refractivity contribution is 0.453. The lowest BCUT2D eigenvalue weighted by Crippen LogP contribution is -2.31. The second-order valence-electron chi connectivity index (χ2n) is 5.04. The van der Waals surface area contributed by atoms with Gasteiger partial charge in [-0.3, -0.25) is 9.78 Å². The number of rotatable bonds is 2. The van der Waals surface area contributed by atoms with Crippen molar-refractivity contribution in [2.24, 2.45) is 0 Å². The molecule has 2 aromatic rings. The summed E-state index contributed by atoms with van der Waals surface area (Å²) in [4.78, 5) is 21.2. The topological polar surface area (TPSA) is 81.2 Å². The number of hydrogen-bond acceptors (Lipinski definition) is 5. The molecule has 0 radical (unpaired) electrons. The Balaban J connectivity index is 1.98. The van der Waals surface area contributed by atoms with Crippen LogP contribution in [0.3, 0.4) is 0 Å². The van der Waals surface area contributed by atoms with Crippen LogP contribution in [0.1, 0.15) is 6.42 Å². The number of aromatic hydroxyl groups is 1. The molecule has 0 saturated carbocycles. The summed E-state index contributed by atoms with van der Waals surface area (Å²) >= 11 is 0. The van der Waals surface area contributed by atoms with E-state index in [9.17, 15) is 9.90 Å². The number of benzene rings is 1. The molecule has 0 bridgehead atoms. The van der Waals surface area contributed by atoms with Crippen LogP contribution in [0.4, 0.5) is 5.95 Å². The van der Waals surface area contributed by atoms with E-state index in [1.165, 1.54) is 0 Å². The van der Waals surface area contributed by atoms with Crippen molar-refractivity contribution in [3.05, 3.63) is 40.7 Å². The van der Waals surface area contributed by atoms with Crippen LogP contribution in [-0.2, 0) is 0 Å². The molecular formula is C15H18N4O2. The van der Waals surface area contributed by atoms with Gasteiger partial charge in [0.15, 0.2) is 0 Å². The number of nitrogens with zero attached hydrogens (tertiary/aromatic N) is 2. The average Bonchev–Trinajstić information content (AvgIpc) is 2.76. The average molecular weight is 286 g/mol. The molecule has 21 heavy (non-hydrogen) atoms. The first kappa shape index (κ1) is 13.6. The minimum absolute atomic E-state index is 0.215. The van der Waals surface area contributed by atoms with Crippen molar-refractivity contribution in [1.29, 1.82) is 0 Å². The Morgan fingerprint density at radius 1 is 1.14 bits per heavy atom. The van der Waals surface area contributed by atoms with Gasteiger partial charge < -0.3 is 15.3 Å². The maximum absolute atomic E-state index is 12.3. The molecule has 0 spiro atoms. The molecule has 1 fully saturated rings. The largest absolute Gasteiger partial charge is 0.493 e. The molecule has 3 N–H and O–H groups in total. The third kappa shape index (κ3) is 2.90. The first-order chi connectivity index (χ1) is 10.3. The highest BCUT2D eigenvalue weighted by atomic mass is 16.3. The Morgan fingerprint density at radius 2 is 1.95 bits per heavy atom. The molecule has 6 nitrogen and oxygen atoms in total. The minimum atomic E-state index is -0.319. The van der Waals surface area contributed by atoms with Crippen molar-refractivity contribution < 1.29 is 5.11 Å². The van der Waals surface area contributed by atoms with E-state index in [-0.39, 0.29) is 17.0 Å². The Labute approximate surface area is 122 Å². The van der Waals surface area contributed by atoms with Crippen LogP contribution in [0, 0.1) is 0 Å². The molecule has 110 valence electrons. The van der Waals surface area contributed by atoms with Gasteiger partial charge in [0.25, 0.3) is 5.56 Å². The van der Waals surface area contributed by atoms with E-state index < -0.39 is 0 Å². The van der Waals surface area contributed by atoms with Gasteiger partial charge >= 0.3 is 0 Å². The summed E-state index contributed by atoms with van der Waals surface area (Å²) in [5, 5.41) is 13.4. The Bertz CT molecular complexity index is 661. The molecule has 1 saturated heterocycles. The fourth-order valence-corrected chi connectivity index (χ4v) is 2.52. The van der Waals surface area contributed by atoms with Gasteiger partial charge in [0.1, 0.15) is 5.56 Å². The normalized spacial score (nSPS) is 15.7. The molecule has 0 aliphatic carbocycles. The number of nitrogens with one attached hydrogen (secondary N) is 2. The van der Waals surface area contributed by atoms with Crippen molar-refractivity contribution in [2.75, 3.05) is 31.1 Å². The summed E-state index contributed by atoms with van der Waals surface area (Å²) in [5.74, 6) is 0.207. The molecule has 0 atom stereocenters. The zero-order valence-corrected chi connectivity index (χ0v) is 11.7. The van der Waals surface area contributed by atoms with Crippen LogP contribution in [0.2, 0.25) is 0 Å². The first-order valence-electron chi connectivity index (χ1n) is 7.10. The van der Waals surface area contributed by atoms with Gasteiger partial charge in [-0.25, -0.2) is 0 Å². The third-order valence-electron chi connectivity index (χ3n) is 3.59. The Hall–Kier alpha value is -2.34. The predicted octanol–water partition coefficient (Wildman–Crippen LogP) is 0.942. The molecule has 0 unspecified atom stereocenters. The van der Waals surface area contributed by atoms with E-state index in [1.807, 2.05) is 23.1 Å². The molecule has 1 aliphatic heterocycles. The standard InChI is InChI=1S/C15H18N4O2/c20-13-12(11-5-2-1-3-6-11)14(21)18-15(17-13)19-9-4-7-16-8-10-19/h1-3,5-6,16H,4,7-10H2,(H2,17,18,20,21). The van der Waals surface area contributed by atoms with Gasteiger partial charge in [-0.1, -0.05) is 30.3 Å². The van der Waals surface area contributed by atoms with Crippen molar-refractivity contribution in [3.8, 4) is 17.0 Å². The predicted molar refractivity (Wildman–Crippen MR) is 81.7 cm³/mol. The van der Waals surface area contributed by atoms with Crippen LogP contribution < -0.4 is 15.8 Å². The number of aromatic amines is 1. The number of anilines is 1. The SMILES string of the molecule is O=c1[nH]c(N2CCCNCC2)nc(O)c1-c1ccccc1. The molecule has 0 amide bonds. The van der Waals surface area contributed by atoms with E-state index >= 15 is 0 Å². The van der Waals surface area contributed by atoms with Gasteiger partial charge in [0.05, 0.1) is 0 Å².